The van der Waals surface area contributed by atoms with Gasteiger partial charge in [-0.2, -0.15) is 4.98 Å². The van der Waals surface area contributed by atoms with E-state index < -0.39 is 0 Å². The van der Waals surface area contributed by atoms with Gasteiger partial charge in [-0.05, 0) is 42.3 Å². The minimum atomic E-state index is 0.521. The Labute approximate surface area is 151 Å². The number of aromatic nitrogens is 2. The van der Waals surface area contributed by atoms with E-state index in [2.05, 4.69) is 56.3 Å². The molecule has 3 N–H and O–H groups in total. The molecule has 1 aliphatic rings. The van der Waals surface area contributed by atoms with Crippen LogP contribution in [0.1, 0.15) is 6.92 Å². The maximum atomic E-state index is 6.01. The number of rotatable bonds is 4. The van der Waals surface area contributed by atoms with E-state index in [0.717, 1.165) is 48.6 Å². The molecule has 1 saturated heterocycles. The molecule has 25 heavy (non-hydrogen) atoms. The second kappa shape index (κ2) is 6.85. The predicted octanol–water partition coefficient (Wildman–Crippen LogP) is 3.16. The van der Waals surface area contributed by atoms with Crippen molar-refractivity contribution in [3.8, 4) is 0 Å². The molecule has 0 unspecified atom stereocenters. The summed E-state index contributed by atoms with van der Waals surface area (Å²) in [6.45, 7) is 7.77. The monoisotopic (exact) mass is 354 g/mol. The van der Waals surface area contributed by atoms with Crippen molar-refractivity contribution < 1.29 is 0 Å². The Hall–Kier alpha value is -2.38. The number of nitrogens with one attached hydrogen (secondary N) is 1. The molecule has 0 saturated carbocycles. The van der Waals surface area contributed by atoms with Crippen molar-refractivity contribution in [1.82, 2.24) is 14.9 Å². The second-order valence-corrected chi connectivity index (χ2v) is 7.08. The summed E-state index contributed by atoms with van der Waals surface area (Å²) in [5.41, 5.74) is 9.11. The van der Waals surface area contributed by atoms with Gasteiger partial charge in [0, 0.05) is 37.6 Å². The third kappa shape index (κ3) is 3.38. The van der Waals surface area contributed by atoms with Crippen LogP contribution in [-0.4, -0.2) is 47.6 Å². The lowest BCUT2D eigenvalue weighted by atomic mass is 10.2. The summed E-state index contributed by atoms with van der Waals surface area (Å²) in [7, 11) is 0. The van der Waals surface area contributed by atoms with Gasteiger partial charge >= 0.3 is 0 Å². The molecule has 0 spiro atoms. The number of nitrogen functional groups attached to an aromatic ring is 1. The third-order valence-corrected chi connectivity index (χ3v) is 5.56. The SMILES string of the molecule is CCN1CCN(c2ccc(Nc3nc(N)c4sccc4n3)cc2)CC1. The molecule has 1 aliphatic heterocycles. The molecule has 2 aromatic heterocycles. The summed E-state index contributed by atoms with van der Waals surface area (Å²) < 4.78 is 0.937. The molecule has 0 aliphatic carbocycles. The highest BCUT2D eigenvalue weighted by Crippen LogP contribution is 2.27. The number of anilines is 4. The van der Waals surface area contributed by atoms with E-state index >= 15 is 0 Å². The Balaban J connectivity index is 1.46. The lowest BCUT2D eigenvalue weighted by Crippen LogP contribution is -2.46. The van der Waals surface area contributed by atoms with Gasteiger partial charge in [-0.15, -0.1) is 11.3 Å². The van der Waals surface area contributed by atoms with Gasteiger partial charge < -0.3 is 20.9 Å². The number of nitrogens with two attached hydrogens (primary N) is 1. The average Bonchev–Trinajstić information content (AvgIpc) is 3.12. The van der Waals surface area contributed by atoms with Crippen LogP contribution in [0.15, 0.2) is 35.7 Å². The van der Waals surface area contributed by atoms with E-state index in [9.17, 15) is 0 Å². The van der Waals surface area contributed by atoms with Crippen LogP contribution >= 0.6 is 11.3 Å². The van der Waals surface area contributed by atoms with E-state index in [0.29, 0.717) is 11.8 Å². The molecular formula is C18H22N6S. The molecule has 6 nitrogen and oxygen atoms in total. The Morgan fingerprint density at radius 2 is 1.84 bits per heavy atom. The Morgan fingerprint density at radius 1 is 1.08 bits per heavy atom. The van der Waals surface area contributed by atoms with Crippen molar-refractivity contribution in [3.05, 3.63) is 35.7 Å². The molecule has 4 rings (SSSR count). The number of benzene rings is 1. The van der Waals surface area contributed by atoms with Crippen molar-refractivity contribution in [2.24, 2.45) is 0 Å². The van der Waals surface area contributed by atoms with E-state index in [1.165, 1.54) is 5.69 Å². The van der Waals surface area contributed by atoms with Crippen LogP contribution in [0.5, 0.6) is 0 Å². The lowest BCUT2D eigenvalue weighted by Gasteiger charge is -2.35. The molecular weight excluding hydrogens is 332 g/mol. The summed E-state index contributed by atoms with van der Waals surface area (Å²) in [5, 5.41) is 5.23. The first-order valence-electron chi connectivity index (χ1n) is 8.58. The first-order chi connectivity index (χ1) is 12.2. The summed E-state index contributed by atoms with van der Waals surface area (Å²) >= 11 is 1.56. The highest BCUT2D eigenvalue weighted by atomic mass is 32.1. The number of thiophene rings is 1. The zero-order valence-electron chi connectivity index (χ0n) is 14.3. The molecule has 3 aromatic rings. The van der Waals surface area contributed by atoms with Crippen molar-refractivity contribution in [2.75, 3.05) is 48.7 Å². The van der Waals surface area contributed by atoms with Gasteiger partial charge in [0.25, 0.3) is 0 Å². The van der Waals surface area contributed by atoms with Gasteiger partial charge in [-0.1, -0.05) is 6.92 Å². The second-order valence-electron chi connectivity index (χ2n) is 6.16. The molecule has 1 aromatic carbocycles. The van der Waals surface area contributed by atoms with Crippen molar-refractivity contribution >= 4 is 44.7 Å². The summed E-state index contributed by atoms with van der Waals surface area (Å²) in [6, 6.07) is 10.4. The highest BCUT2D eigenvalue weighted by molar-refractivity contribution is 7.17. The molecule has 0 bridgehead atoms. The largest absolute Gasteiger partial charge is 0.382 e. The van der Waals surface area contributed by atoms with Crippen molar-refractivity contribution in [1.29, 1.82) is 0 Å². The number of nitrogens with zero attached hydrogens (tertiary/aromatic N) is 4. The zero-order valence-corrected chi connectivity index (χ0v) is 15.1. The van der Waals surface area contributed by atoms with Crippen molar-refractivity contribution in [3.63, 3.8) is 0 Å². The number of fused-ring (bicyclic) bond motifs is 1. The standard InChI is InChI=1S/C18H22N6S/c1-2-23-8-10-24(11-9-23)14-5-3-13(4-6-14)20-18-21-15-7-12-25-16(15)17(19)22-18/h3-7,12H,2,8-11H2,1H3,(H3,19,20,21,22). The molecule has 7 heteroatoms. The molecule has 0 atom stereocenters. The Morgan fingerprint density at radius 3 is 2.56 bits per heavy atom. The summed E-state index contributed by atoms with van der Waals surface area (Å²) in [5.74, 6) is 1.06. The smallest absolute Gasteiger partial charge is 0.229 e. The quantitative estimate of drug-likeness (QED) is 0.750. The topological polar surface area (TPSA) is 70.3 Å². The fourth-order valence-electron chi connectivity index (χ4n) is 3.15. The van der Waals surface area contributed by atoms with Crippen LogP contribution in [0.4, 0.5) is 23.1 Å². The lowest BCUT2D eigenvalue weighted by molar-refractivity contribution is 0.271. The first kappa shape index (κ1) is 16.1. The fourth-order valence-corrected chi connectivity index (χ4v) is 3.88. The van der Waals surface area contributed by atoms with Gasteiger partial charge in [0.2, 0.25) is 5.95 Å². The molecule has 3 heterocycles. The fraction of sp³-hybridized carbons (Fsp3) is 0.333. The van der Waals surface area contributed by atoms with Crippen LogP contribution in [0, 0.1) is 0 Å². The molecule has 130 valence electrons. The van der Waals surface area contributed by atoms with Crippen LogP contribution < -0.4 is 16.0 Å². The van der Waals surface area contributed by atoms with Gasteiger partial charge in [0.1, 0.15) is 5.82 Å². The Bertz CT molecular complexity index is 852. The van der Waals surface area contributed by atoms with E-state index in [-0.39, 0.29) is 0 Å². The number of hydrogen-bond acceptors (Lipinski definition) is 7. The third-order valence-electron chi connectivity index (χ3n) is 4.64. The predicted molar refractivity (Wildman–Crippen MR) is 106 cm³/mol. The van der Waals surface area contributed by atoms with Crippen LogP contribution in [0.25, 0.3) is 10.2 Å². The van der Waals surface area contributed by atoms with E-state index in [1.54, 1.807) is 11.3 Å². The number of likely N-dealkylation sites (N-methyl/N-ethyl adjacent to an activating group) is 1. The minimum Gasteiger partial charge on any atom is -0.382 e. The molecule has 0 amide bonds. The zero-order chi connectivity index (χ0) is 17.2. The van der Waals surface area contributed by atoms with Gasteiger partial charge in [-0.3, -0.25) is 0 Å². The van der Waals surface area contributed by atoms with E-state index in [1.807, 2.05) is 11.4 Å². The van der Waals surface area contributed by atoms with Gasteiger partial charge in [0.15, 0.2) is 0 Å². The van der Waals surface area contributed by atoms with Crippen LogP contribution in [0.2, 0.25) is 0 Å². The van der Waals surface area contributed by atoms with Crippen LogP contribution in [-0.2, 0) is 0 Å². The normalized spacial score (nSPS) is 15.6. The summed E-state index contributed by atoms with van der Waals surface area (Å²) in [4.78, 5) is 13.8. The maximum absolute atomic E-state index is 6.01. The molecule has 1 fully saturated rings. The molecule has 0 radical (unpaired) electrons. The van der Waals surface area contributed by atoms with Gasteiger partial charge in [0.05, 0.1) is 10.2 Å². The maximum Gasteiger partial charge on any atom is 0.229 e. The number of piperazine rings is 1. The summed E-state index contributed by atoms with van der Waals surface area (Å²) in [6.07, 6.45) is 0. The van der Waals surface area contributed by atoms with E-state index in [4.69, 9.17) is 5.73 Å². The average molecular weight is 354 g/mol. The highest BCUT2D eigenvalue weighted by Gasteiger charge is 2.15. The van der Waals surface area contributed by atoms with Gasteiger partial charge in [-0.25, -0.2) is 4.98 Å². The van der Waals surface area contributed by atoms with Crippen molar-refractivity contribution in [2.45, 2.75) is 6.92 Å². The number of hydrogen-bond donors (Lipinski definition) is 2. The Kier molecular flexibility index (Phi) is 4.42. The first-order valence-corrected chi connectivity index (χ1v) is 9.46. The van der Waals surface area contributed by atoms with Crippen LogP contribution in [0.3, 0.4) is 0 Å². The minimum absolute atomic E-state index is 0.521.